The highest BCUT2D eigenvalue weighted by molar-refractivity contribution is 5.99. The minimum absolute atomic E-state index is 0.00404. The Morgan fingerprint density at radius 3 is 2.03 bits per heavy atom. The van der Waals surface area contributed by atoms with Crippen molar-refractivity contribution >= 4 is 34.9 Å². The Hall–Kier alpha value is -4.33. The average molecular weight is 514 g/mol. The van der Waals surface area contributed by atoms with Crippen LogP contribution < -0.4 is 15.5 Å². The highest BCUT2D eigenvalue weighted by Crippen LogP contribution is 2.20. The number of hydrogen-bond acceptors (Lipinski definition) is 4. The maximum Gasteiger partial charge on any atom is 0.321 e. The summed E-state index contributed by atoms with van der Waals surface area (Å²) in [7, 11) is 0. The van der Waals surface area contributed by atoms with E-state index in [2.05, 4.69) is 15.5 Å². The second-order valence-corrected chi connectivity index (χ2v) is 9.46. The van der Waals surface area contributed by atoms with E-state index >= 15 is 0 Å². The molecule has 1 saturated heterocycles. The van der Waals surface area contributed by atoms with Gasteiger partial charge in [-0.15, -0.1) is 0 Å². The van der Waals surface area contributed by atoms with Gasteiger partial charge in [-0.25, -0.2) is 4.79 Å². The van der Waals surface area contributed by atoms with E-state index in [0.717, 1.165) is 36.4 Å². The summed E-state index contributed by atoms with van der Waals surface area (Å²) in [5.74, 6) is -0.381. The van der Waals surface area contributed by atoms with Crippen LogP contribution in [0.2, 0.25) is 0 Å². The van der Waals surface area contributed by atoms with Crippen LogP contribution >= 0.6 is 0 Å². The van der Waals surface area contributed by atoms with Crippen LogP contribution in [-0.4, -0.2) is 66.9 Å². The largest absolute Gasteiger partial charge is 0.368 e. The van der Waals surface area contributed by atoms with Gasteiger partial charge in [0.15, 0.2) is 0 Å². The first kappa shape index (κ1) is 26.7. The molecule has 3 aromatic rings. The second-order valence-electron chi connectivity index (χ2n) is 9.46. The monoisotopic (exact) mass is 513 g/mol. The fourth-order valence-electron chi connectivity index (χ4n) is 4.42. The molecule has 1 aliphatic heterocycles. The third-order valence-electron chi connectivity index (χ3n) is 6.52. The minimum atomic E-state index is -0.233. The molecule has 0 aliphatic carbocycles. The van der Waals surface area contributed by atoms with Gasteiger partial charge in [0.2, 0.25) is 5.91 Å². The number of benzene rings is 3. The van der Waals surface area contributed by atoms with E-state index in [1.165, 1.54) is 0 Å². The summed E-state index contributed by atoms with van der Waals surface area (Å²) >= 11 is 0. The van der Waals surface area contributed by atoms with Gasteiger partial charge in [-0.1, -0.05) is 42.8 Å². The van der Waals surface area contributed by atoms with Crippen LogP contribution in [0.5, 0.6) is 0 Å². The van der Waals surface area contributed by atoms with Gasteiger partial charge in [0.1, 0.15) is 6.54 Å². The van der Waals surface area contributed by atoms with Crippen molar-refractivity contribution in [2.45, 2.75) is 20.3 Å². The van der Waals surface area contributed by atoms with Gasteiger partial charge < -0.3 is 25.3 Å². The zero-order chi connectivity index (χ0) is 26.9. The molecule has 198 valence electrons. The van der Waals surface area contributed by atoms with E-state index in [-0.39, 0.29) is 24.4 Å². The maximum absolute atomic E-state index is 12.8. The predicted molar refractivity (Wildman–Crippen MR) is 152 cm³/mol. The molecule has 1 heterocycles. The van der Waals surface area contributed by atoms with Gasteiger partial charge in [0.05, 0.1) is 0 Å². The second kappa shape index (κ2) is 12.8. The Morgan fingerprint density at radius 1 is 0.789 bits per heavy atom. The Labute approximate surface area is 224 Å². The van der Waals surface area contributed by atoms with Crippen LogP contribution in [0.1, 0.15) is 29.3 Å². The van der Waals surface area contributed by atoms with Crippen molar-refractivity contribution in [2.75, 3.05) is 54.8 Å². The molecule has 4 amide bonds. The molecule has 8 nitrogen and oxygen atoms in total. The number of rotatable bonds is 8. The summed E-state index contributed by atoms with van der Waals surface area (Å²) in [5.41, 5.74) is 4.24. The van der Waals surface area contributed by atoms with E-state index < -0.39 is 0 Å². The number of carbonyl (C=O) groups excluding carboxylic acids is 3. The number of aryl methyl sites for hydroxylation is 1. The third kappa shape index (κ3) is 7.12. The number of piperazine rings is 1. The number of urea groups is 1. The number of carbonyl (C=O) groups is 3. The zero-order valence-corrected chi connectivity index (χ0v) is 22.0. The molecule has 4 rings (SSSR count). The number of nitrogens with zero attached hydrogens (tertiary/aromatic N) is 3. The van der Waals surface area contributed by atoms with E-state index in [4.69, 9.17) is 0 Å². The maximum atomic E-state index is 12.8. The Balaban J connectivity index is 1.26. The third-order valence-corrected chi connectivity index (χ3v) is 6.52. The minimum Gasteiger partial charge on any atom is -0.368 e. The molecule has 38 heavy (non-hydrogen) atoms. The number of amides is 4. The molecule has 2 N–H and O–H groups in total. The van der Waals surface area contributed by atoms with Crippen LogP contribution in [0.4, 0.5) is 21.9 Å². The molecule has 0 unspecified atom stereocenters. The van der Waals surface area contributed by atoms with Gasteiger partial charge in [-0.3, -0.25) is 9.59 Å². The molecule has 0 aromatic heterocycles. The lowest BCUT2D eigenvalue weighted by atomic mass is 10.2. The van der Waals surface area contributed by atoms with Gasteiger partial charge in [0.25, 0.3) is 5.91 Å². The standard InChI is InChI=1S/C30H35N5O3/c1-3-17-35(29(37)24-7-5-4-6-8-24)22-28(36)31-25-13-15-27(16-14-25)33-18-20-34(21-19-33)30(38)32-26-11-9-23(2)10-12-26/h4-16H,3,17-22H2,1-2H3,(H,31,36)(H,32,38). The fraction of sp³-hybridized carbons (Fsp3) is 0.300. The van der Waals surface area contributed by atoms with E-state index in [1.54, 1.807) is 17.0 Å². The fourth-order valence-corrected chi connectivity index (χ4v) is 4.42. The van der Waals surface area contributed by atoms with Crippen LogP contribution in [-0.2, 0) is 4.79 Å². The van der Waals surface area contributed by atoms with Crippen LogP contribution in [0, 0.1) is 6.92 Å². The SMILES string of the molecule is CCCN(CC(=O)Nc1ccc(N2CCN(C(=O)Nc3ccc(C)cc3)CC2)cc1)C(=O)c1ccccc1. The Bertz CT molecular complexity index is 1220. The molecular formula is C30H35N5O3. The summed E-state index contributed by atoms with van der Waals surface area (Å²) in [6.07, 6.45) is 0.765. The molecule has 0 atom stereocenters. The van der Waals surface area contributed by atoms with Crippen molar-refractivity contribution < 1.29 is 14.4 Å². The molecule has 0 radical (unpaired) electrons. The molecule has 0 bridgehead atoms. The van der Waals surface area contributed by atoms with Crippen molar-refractivity contribution in [3.63, 3.8) is 0 Å². The van der Waals surface area contributed by atoms with Crippen molar-refractivity contribution in [3.8, 4) is 0 Å². The first-order chi connectivity index (χ1) is 18.4. The van der Waals surface area contributed by atoms with Gasteiger partial charge >= 0.3 is 6.03 Å². The molecule has 1 aliphatic rings. The predicted octanol–water partition coefficient (Wildman–Crippen LogP) is 4.84. The van der Waals surface area contributed by atoms with Gasteiger partial charge in [-0.2, -0.15) is 0 Å². The molecule has 0 saturated carbocycles. The van der Waals surface area contributed by atoms with Crippen molar-refractivity contribution in [3.05, 3.63) is 90.0 Å². The lowest BCUT2D eigenvalue weighted by Crippen LogP contribution is -2.50. The number of anilines is 3. The summed E-state index contributed by atoms with van der Waals surface area (Å²) in [6.45, 7) is 7.20. The first-order valence-electron chi connectivity index (χ1n) is 13.0. The van der Waals surface area contributed by atoms with Crippen molar-refractivity contribution in [1.82, 2.24) is 9.80 Å². The number of nitrogens with one attached hydrogen (secondary N) is 2. The van der Waals surface area contributed by atoms with Gasteiger partial charge in [-0.05, 0) is 61.9 Å². The van der Waals surface area contributed by atoms with Crippen molar-refractivity contribution in [1.29, 1.82) is 0 Å². The van der Waals surface area contributed by atoms with E-state index in [9.17, 15) is 14.4 Å². The average Bonchev–Trinajstić information content (AvgIpc) is 2.94. The Morgan fingerprint density at radius 2 is 1.39 bits per heavy atom. The summed E-state index contributed by atoms with van der Waals surface area (Å²) in [5, 5.41) is 5.86. The molecule has 3 aromatic carbocycles. The molecule has 8 heteroatoms. The Kier molecular flexibility index (Phi) is 8.98. The molecule has 0 spiro atoms. The normalized spacial score (nSPS) is 13.1. The lowest BCUT2D eigenvalue weighted by Gasteiger charge is -2.36. The molecule has 1 fully saturated rings. The summed E-state index contributed by atoms with van der Waals surface area (Å²) in [6, 6.07) is 24.4. The highest BCUT2D eigenvalue weighted by Gasteiger charge is 2.22. The lowest BCUT2D eigenvalue weighted by molar-refractivity contribution is -0.116. The van der Waals surface area contributed by atoms with E-state index in [0.29, 0.717) is 30.9 Å². The van der Waals surface area contributed by atoms with Crippen LogP contribution in [0.25, 0.3) is 0 Å². The van der Waals surface area contributed by atoms with Crippen LogP contribution in [0.3, 0.4) is 0 Å². The summed E-state index contributed by atoms with van der Waals surface area (Å²) < 4.78 is 0. The quantitative estimate of drug-likeness (QED) is 0.451. The van der Waals surface area contributed by atoms with E-state index in [1.807, 2.05) is 85.5 Å². The highest BCUT2D eigenvalue weighted by atomic mass is 16.2. The van der Waals surface area contributed by atoms with Gasteiger partial charge in [0, 0.05) is 55.3 Å². The van der Waals surface area contributed by atoms with Crippen LogP contribution in [0.15, 0.2) is 78.9 Å². The van der Waals surface area contributed by atoms with Crippen molar-refractivity contribution in [2.24, 2.45) is 0 Å². The number of hydrogen-bond donors (Lipinski definition) is 2. The first-order valence-corrected chi connectivity index (χ1v) is 13.0. The smallest absolute Gasteiger partial charge is 0.321 e. The molecular weight excluding hydrogens is 478 g/mol. The topological polar surface area (TPSA) is 85.0 Å². The zero-order valence-electron chi connectivity index (χ0n) is 22.0. The summed E-state index contributed by atoms with van der Waals surface area (Å²) in [4.78, 5) is 43.8.